The molecule has 24 heavy (non-hydrogen) atoms. The van der Waals surface area contributed by atoms with E-state index < -0.39 is 0 Å². The van der Waals surface area contributed by atoms with Crippen LogP contribution >= 0.6 is 12.4 Å². The van der Waals surface area contributed by atoms with Crippen molar-refractivity contribution in [3.8, 4) is 0 Å². The van der Waals surface area contributed by atoms with Crippen LogP contribution in [-0.2, 0) is 11.8 Å². The lowest BCUT2D eigenvalue weighted by atomic mass is 9.83. The highest BCUT2D eigenvalue weighted by molar-refractivity contribution is 5.85. The smallest absolute Gasteiger partial charge is 0.225 e. The molecule has 0 radical (unpaired) electrons. The molecule has 0 spiro atoms. The third-order valence-corrected chi connectivity index (χ3v) is 5.59. The van der Waals surface area contributed by atoms with Gasteiger partial charge in [-0.15, -0.1) is 12.4 Å². The van der Waals surface area contributed by atoms with Crippen LogP contribution in [0.25, 0.3) is 0 Å². The van der Waals surface area contributed by atoms with Gasteiger partial charge in [0.05, 0.1) is 12.1 Å². The Labute approximate surface area is 151 Å². The highest BCUT2D eigenvalue weighted by atomic mass is 35.5. The summed E-state index contributed by atoms with van der Waals surface area (Å²) in [5.41, 5.74) is 1.17. The van der Waals surface area contributed by atoms with E-state index in [4.69, 9.17) is 0 Å². The van der Waals surface area contributed by atoms with Crippen LogP contribution in [0.4, 0.5) is 0 Å². The number of amides is 1. The third-order valence-electron chi connectivity index (χ3n) is 5.59. The van der Waals surface area contributed by atoms with E-state index in [2.05, 4.69) is 22.7 Å². The van der Waals surface area contributed by atoms with Crippen LogP contribution in [0.2, 0.25) is 0 Å². The van der Waals surface area contributed by atoms with E-state index in [1.807, 2.05) is 24.1 Å². The second-order valence-corrected chi connectivity index (χ2v) is 7.33. The van der Waals surface area contributed by atoms with Gasteiger partial charge in [0.2, 0.25) is 5.91 Å². The average Bonchev–Trinajstić information content (AvgIpc) is 3.18. The number of carbonyl (C=O) groups is 1. The Morgan fingerprint density at radius 3 is 2.71 bits per heavy atom. The third kappa shape index (κ3) is 4.51. The van der Waals surface area contributed by atoms with Gasteiger partial charge in [0.15, 0.2) is 0 Å². The molecule has 1 aliphatic heterocycles. The Bertz CT molecular complexity index is 525. The number of halogens is 1. The Morgan fingerprint density at radius 1 is 1.33 bits per heavy atom. The van der Waals surface area contributed by atoms with Crippen molar-refractivity contribution in [2.75, 3.05) is 13.1 Å². The van der Waals surface area contributed by atoms with Gasteiger partial charge in [0.1, 0.15) is 0 Å². The average molecular weight is 355 g/mol. The highest BCUT2D eigenvalue weighted by Gasteiger charge is 2.35. The van der Waals surface area contributed by atoms with Crippen molar-refractivity contribution in [3.63, 3.8) is 0 Å². The Balaban J connectivity index is 0.00000208. The van der Waals surface area contributed by atoms with Crippen molar-refractivity contribution in [1.82, 2.24) is 20.4 Å². The van der Waals surface area contributed by atoms with Gasteiger partial charge in [-0.1, -0.05) is 19.8 Å². The molecule has 0 unspecified atom stereocenters. The first-order valence-electron chi connectivity index (χ1n) is 9.17. The van der Waals surface area contributed by atoms with E-state index in [0.29, 0.717) is 6.04 Å². The largest absolute Gasteiger partial charge is 0.353 e. The summed E-state index contributed by atoms with van der Waals surface area (Å²) in [4.78, 5) is 12.7. The molecule has 1 aromatic rings. The van der Waals surface area contributed by atoms with Crippen molar-refractivity contribution >= 4 is 18.3 Å². The minimum Gasteiger partial charge on any atom is -0.353 e. The molecule has 0 bridgehead atoms. The zero-order chi connectivity index (χ0) is 16.2. The summed E-state index contributed by atoms with van der Waals surface area (Å²) < 4.78 is 1.82. The Hall–Kier alpha value is -1.07. The lowest BCUT2D eigenvalue weighted by Crippen LogP contribution is -2.42. The molecule has 1 saturated heterocycles. The molecular formula is C18H31ClN4O. The summed E-state index contributed by atoms with van der Waals surface area (Å²) in [5.74, 6) is 1.39. The first kappa shape index (κ1) is 19.3. The monoisotopic (exact) mass is 354 g/mol. The predicted octanol–water partition coefficient (Wildman–Crippen LogP) is 2.62. The fraction of sp³-hybridized carbons (Fsp3) is 0.778. The number of aromatic nitrogens is 2. The number of nitrogens with one attached hydrogen (secondary N) is 2. The second-order valence-electron chi connectivity index (χ2n) is 7.33. The van der Waals surface area contributed by atoms with Crippen molar-refractivity contribution < 1.29 is 4.79 Å². The summed E-state index contributed by atoms with van der Waals surface area (Å²) in [6.07, 6.45) is 11.4. The maximum absolute atomic E-state index is 12.7. The molecule has 6 heteroatoms. The molecular weight excluding hydrogens is 324 g/mol. The lowest BCUT2D eigenvalue weighted by Gasteiger charge is -2.30. The van der Waals surface area contributed by atoms with Gasteiger partial charge >= 0.3 is 0 Å². The maximum atomic E-state index is 12.7. The molecule has 1 amide bonds. The van der Waals surface area contributed by atoms with Gasteiger partial charge in [-0.05, 0) is 37.2 Å². The quantitative estimate of drug-likeness (QED) is 0.854. The molecule has 5 nitrogen and oxygen atoms in total. The van der Waals surface area contributed by atoms with Crippen LogP contribution < -0.4 is 10.6 Å². The highest BCUT2D eigenvalue weighted by Crippen LogP contribution is 2.30. The minimum atomic E-state index is 0. The molecule has 2 atom stereocenters. The molecule has 1 aromatic heterocycles. The van der Waals surface area contributed by atoms with Gasteiger partial charge < -0.3 is 10.6 Å². The molecule has 2 fully saturated rings. The maximum Gasteiger partial charge on any atom is 0.225 e. The van der Waals surface area contributed by atoms with Gasteiger partial charge in [0.25, 0.3) is 0 Å². The van der Waals surface area contributed by atoms with E-state index in [9.17, 15) is 4.79 Å². The molecule has 2 aliphatic rings. The van der Waals surface area contributed by atoms with Crippen LogP contribution in [0.15, 0.2) is 12.4 Å². The summed E-state index contributed by atoms with van der Waals surface area (Å²) in [6.45, 7) is 3.91. The lowest BCUT2D eigenvalue weighted by molar-refractivity contribution is -0.125. The number of hydrogen-bond acceptors (Lipinski definition) is 3. The summed E-state index contributed by atoms with van der Waals surface area (Å²) in [5, 5.41) is 11.0. The van der Waals surface area contributed by atoms with Crippen molar-refractivity contribution in [2.24, 2.45) is 18.9 Å². The first-order valence-corrected chi connectivity index (χ1v) is 9.17. The van der Waals surface area contributed by atoms with Crippen molar-refractivity contribution in [2.45, 2.75) is 57.4 Å². The fourth-order valence-electron chi connectivity index (χ4n) is 4.25. The normalized spacial score (nSPS) is 29.9. The molecule has 2 N–H and O–H groups in total. The second kappa shape index (κ2) is 8.86. The topological polar surface area (TPSA) is 59.0 Å². The fourth-order valence-corrected chi connectivity index (χ4v) is 4.25. The van der Waals surface area contributed by atoms with Crippen molar-refractivity contribution in [1.29, 1.82) is 0 Å². The van der Waals surface area contributed by atoms with E-state index in [-0.39, 0.29) is 30.2 Å². The van der Waals surface area contributed by atoms with Crippen LogP contribution in [0.5, 0.6) is 0 Å². The molecule has 136 valence electrons. The molecule has 1 aliphatic carbocycles. The Kier molecular flexibility index (Phi) is 7.11. The van der Waals surface area contributed by atoms with Gasteiger partial charge in [-0.3, -0.25) is 9.48 Å². The van der Waals surface area contributed by atoms with Crippen molar-refractivity contribution in [3.05, 3.63) is 18.0 Å². The molecule has 2 heterocycles. The van der Waals surface area contributed by atoms with Crippen LogP contribution in [-0.4, -0.2) is 34.8 Å². The first-order chi connectivity index (χ1) is 11.2. The SMILES string of the molecule is CCCC1CCC(NC(=O)[C@H]2CNC[C@@H]2c2cnn(C)c2)CC1.Cl. The molecule has 3 rings (SSSR count). The number of hydrogen-bond donors (Lipinski definition) is 2. The molecule has 0 aromatic carbocycles. The zero-order valence-electron chi connectivity index (χ0n) is 14.8. The standard InChI is InChI=1S/C18H30N4O.ClH/c1-3-4-13-5-7-15(8-6-13)21-18(23)17-11-19-10-16(17)14-9-20-22(2)12-14;/h9,12-13,15-17,19H,3-8,10-11H2,1-2H3,(H,21,23);1H/t13?,15?,16-,17+;/m1./s1. The van der Waals surface area contributed by atoms with Gasteiger partial charge in [-0.25, -0.2) is 0 Å². The van der Waals surface area contributed by atoms with Gasteiger partial charge in [-0.2, -0.15) is 5.10 Å². The number of aryl methyl sites for hydroxylation is 1. The van der Waals surface area contributed by atoms with E-state index in [0.717, 1.165) is 31.8 Å². The minimum absolute atomic E-state index is 0. The predicted molar refractivity (Wildman–Crippen MR) is 98.4 cm³/mol. The number of carbonyl (C=O) groups excluding carboxylic acids is 1. The van der Waals surface area contributed by atoms with Gasteiger partial charge in [0, 0.05) is 38.3 Å². The van der Waals surface area contributed by atoms with E-state index in [1.165, 1.54) is 31.2 Å². The summed E-state index contributed by atoms with van der Waals surface area (Å²) in [7, 11) is 1.93. The van der Waals surface area contributed by atoms with Crippen LogP contribution in [0.1, 0.15) is 56.9 Å². The van der Waals surface area contributed by atoms with E-state index >= 15 is 0 Å². The number of nitrogens with zero attached hydrogens (tertiary/aromatic N) is 2. The molecule has 1 saturated carbocycles. The number of rotatable bonds is 5. The summed E-state index contributed by atoms with van der Waals surface area (Å²) in [6, 6.07) is 0.380. The Morgan fingerprint density at radius 2 is 2.08 bits per heavy atom. The zero-order valence-corrected chi connectivity index (χ0v) is 15.6. The summed E-state index contributed by atoms with van der Waals surface area (Å²) >= 11 is 0. The van der Waals surface area contributed by atoms with Crippen LogP contribution in [0, 0.1) is 11.8 Å². The van der Waals surface area contributed by atoms with Crippen LogP contribution in [0.3, 0.4) is 0 Å². The van der Waals surface area contributed by atoms with E-state index in [1.54, 1.807) is 0 Å².